The molecule has 11 aromatic carbocycles. The quantitative estimate of drug-likeness (QED) is 0.0818. The second-order valence-electron chi connectivity index (χ2n) is 16.4. The monoisotopic (exact) mass is 846 g/mol. The van der Waals surface area contributed by atoms with E-state index in [1.165, 1.54) is 0 Å². The summed E-state index contributed by atoms with van der Waals surface area (Å²) in [6.45, 7) is 0. The number of anilines is 8. The van der Waals surface area contributed by atoms with Crippen molar-refractivity contribution >= 4 is 67.0 Å². The van der Waals surface area contributed by atoms with Gasteiger partial charge in [-0.05, 0) is 70.8 Å². The summed E-state index contributed by atoms with van der Waals surface area (Å²) in [7, 11) is 0. The molecule has 0 aliphatic carbocycles. The van der Waals surface area contributed by atoms with Crippen molar-refractivity contribution in [3.05, 3.63) is 255 Å². The fraction of sp³-hybridized carbons (Fsp3) is 0. The van der Waals surface area contributed by atoms with Crippen LogP contribution >= 0.6 is 0 Å². The fourth-order valence-electron chi connectivity index (χ4n) is 9.71. The van der Waals surface area contributed by atoms with Crippen LogP contribution in [0, 0.1) is 0 Å². The number of fused-ring (bicyclic) bond motifs is 2. The number of nitrogen functional groups attached to an aromatic ring is 2. The van der Waals surface area contributed by atoms with Gasteiger partial charge in [0.25, 0.3) is 0 Å². The van der Waals surface area contributed by atoms with Crippen LogP contribution in [0.2, 0.25) is 0 Å². The molecule has 0 unspecified atom stereocenters. The van der Waals surface area contributed by atoms with Gasteiger partial charge in [0.2, 0.25) is 0 Å². The van der Waals surface area contributed by atoms with Gasteiger partial charge in [0.1, 0.15) is 0 Å². The highest BCUT2D eigenvalue weighted by atomic mass is 15.2. The average molecular weight is 847 g/mol. The van der Waals surface area contributed by atoms with Crippen molar-refractivity contribution < 1.29 is 0 Å². The van der Waals surface area contributed by atoms with Gasteiger partial charge in [-0.25, -0.2) is 0 Å². The molecule has 0 saturated heterocycles. The van der Waals surface area contributed by atoms with Gasteiger partial charge in [0.15, 0.2) is 0 Å². The van der Waals surface area contributed by atoms with Crippen LogP contribution in [0.1, 0.15) is 0 Å². The highest BCUT2D eigenvalue weighted by molar-refractivity contribution is 6.24. The number of rotatable bonds is 10. The van der Waals surface area contributed by atoms with Gasteiger partial charge in [-0.2, -0.15) is 0 Å². The zero-order valence-electron chi connectivity index (χ0n) is 36.3. The maximum absolute atomic E-state index is 7.06. The van der Waals surface area contributed by atoms with Crippen LogP contribution in [-0.4, -0.2) is 0 Å². The van der Waals surface area contributed by atoms with E-state index in [1.54, 1.807) is 0 Å². The highest BCUT2D eigenvalue weighted by Gasteiger charge is 2.30. The smallest absolute Gasteiger partial charge is 0.0620 e. The molecule has 0 aromatic heterocycles. The summed E-state index contributed by atoms with van der Waals surface area (Å²) in [5.74, 6) is 0. The maximum atomic E-state index is 7.06. The molecule has 0 heterocycles. The SMILES string of the molecule is Nc1ccc(N(c2ccccc2)c2c3ccccc3c(N(c3ccccc3)c3ccc(N)c(-c4ccccc4)c3-c3ccccc3)c3ccccc23)c(-c2ccccc2)c1-c1ccccc1. The van der Waals surface area contributed by atoms with Crippen molar-refractivity contribution in [3.63, 3.8) is 0 Å². The van der Waals surface area contributed by atoms with Gasteiger partial charge in [-0.1, -0.05) is 206 Å². The molecular formula is C62H46N4. The third-order valence-corrected chi connectivity index (χ3v) is 12.5. The summed E-state index contributed by atoms with van der Waals surface area (Å²) in [5, 5.41) is 4.36. The molecule has 0 radical (unpaired) electrons. The van der Waals surface area contributed by atoms with E-state index in [0.29, 0.717) is 11.4 Å². The van der Waals surface area contributed by atoms with E-state index in [-0.39, 0.29) is 0 Å². The summed E-state index contributed by atoms with van der Waals surface area (Å²) in [5.41, 5.74) is 30.1. The van der Waals surface area contributed by atoms with Crippen LogP contribution in [0.25, 0.3) is 66.1 Å². The zero-order valence-corrected chi connectivity index (χ0v) is 36.3. The number of nitrogens with zero attached hydrogens (tertiary/aromatic N) is 2. The van der Waals surface area contributed by atoms with Crippen LogP contribution in [0.4, 0.5) is 45.5 Å². The van der Waals surface area contributed by atoms with Gasteiger partial charge in [-0.15, -0.1) is 0 Å². The molecule has 0 saturated carbocycles. The van der Waals surface area contributed by atoms with E-state index in [0.717, 1.165) is 100 Å². The van der Waals surface area contributed by atoms with Gasteiger partial charge in [-0.3, -0.25) is 0 Å². The van der Waals surface area contributed by atoms with E-state index in [9.17, 15) is 0 Å². The molecule has 0 amide bonds. The highest BCUT2D eigenvalue weighted by Crippen LogP contribution is 2.55. The van der Waals surface area contributed by atoms with E-state index < -0.39 is 0 Å². The minimum atomic E-state index is 0.716. The predicted octanol–water partition coefficient (Wildman–Crippen LogP) is 16.8. The van der Waals surface area contributed by atoms with Gasteiger partial charge in [0, 0.05) is 66.5 Å². The Morgan fingerprint density at radius 3 is 0.758 bits per heavy atom. The first-order chi connectivity index (χ1) is 32.7. The van der Waals surface area contributed by atoms with E-state index in [2.05, 4.69) is 265 Å². The Labute approximate surface area is 385 Å². The van der Waals surface area contributed by atoms with Crippen molar-refractivity contribution in [3.8, 4) is 44.5 Å². The molecule has 314 valence electrons. The van der Waals surface area contributed by atoms with Crippen LogP contribution in [0.5, 0.6) is 0 Å². The molecule has 11 rings (SSSR count). The van der Waals surface area contributed by atoms with E-state index >= 15 is 0 Å². The second-order valence-corrected chi connectivity index (χ2v) is 16.4. The molecule has 4 nitrogen and oxygen atoms in total. The van der Waals surface area contributed by atoms with Gasteiger partial charge >= 0.3 is 0 Å². The summed E-state index contributed by atoms with van der Waals surface area (Å²) in [4.78, 5) is 4.89. The van der Waals surface area contributed by atoms with Crippen molar-refractivity contribution in [1.82, 2.24) is 0 Å². The molecular weight excluding hydrogens is 801 g/mol. The number of benzene rings is 11. The van der Waals surface area contributed by atoms with Crippen LogP contribution in [-0.2, 0) is 0 Å². The molecule has 4 N–H and O–H groups in total. The van der Waals surface area contributed by atoms with Crippen LogP contribution in [0.15, 0.2) is 255 Å². The normalized spacial score (nSPS) is 11.2. The molecule has 0 bridgehead atoms. The zero-order chi connectivity index (χ0) is 44.4. The first-order valence-corrected chi connectivity index (χ1v) is 22.4. The van der Waals surface area contributed by atoms with Crippen molar-refractivity contribution in [2.75, 3.05) is 21.3 Å². The lowest BCUT2D eigenvalue weighted by atomic mass is 9.89. The average Bonchev–Trinajstić information content (AvgIpc) is 3.39. The molecule has 4 heteroatoms. The Hall–Kier alpha value is -8.86. The number of hydrogen-bond acceptors (Lipinski definition) is 4. The Kier molecular flexibility index (Phi) is 10.5. The second kappa shape index (κ2) is 17.4. The van der Waals surface area contributed by atoms with E-state index in [1.807, 2.05) is 0 Å². The third kappa shape index (κ3) is 7.08. The first-order valence-electron chi connectivity index (χ1n) is 22.4. The molecule has 11 aromatic rings. The molecule has 66 heavy (non-hydrogen) atoms. The summed E-state index contributed by atoms with van der Waals surface area (Å²) in [6.07, 6.45) is 0. The number of para-hydroxylation sites is 2. The maximum Gasteiger partial charge on any atom is 0.0620 e. The number of nitrogens with two attached hydrogens (primary N) is 2. The molecule has 0 aliphatic heterocycles. The Bertz CT molecular complexity index is 3180. The minimum absolute atomic E-state index is 0.716. The predicted molar refractivity (Wildman–Crippen MR) is 281 cm³/mol. The van der Waals surface area contributed by atoms with Gasteiger partial charge in [0.05, 0.1) is 22.7 Å². The third-order valence-electron chi connectivity index (χ3n) is 12.5. The fourth-order valence-corrected chi connectivity index (χ4v) is 9.71. The summed E-state index contributed by atoms with van der Waals surface area (Å²) < 4.78 is 0. The summed E-state index contributed by atoms with van der Waals surface area (Å²) in [6, 6.07) is 90.0. The summed E-state index contributed by atoms with van der Waals surface area (Å²) >= 11 is 0. The number of hydrogen-bond donors (Lipinski definition) is 2. The first kappa shape index (κ1) is 40.0. The van der Waals surface area contributed by atoms with Crippen molar-refractivity contribution in [2.45, 2.75) is 0 Å². The Morgan fingerprint density at radius 1 is 0.227 bits per heavy atom. The van der Waals surface area contributed by atoms with Crippen molar-refractivity contribution in [2.24, 2.45) is 0 Å². The Morgan fingerprint density at radius 2 is 0.470 bits per heavy atom. The molecule has 0 fully saturated rings. The van der Waals surface area contributed by atoms with E-state index in [4.69, 9.17) is 11.5 Å². The van der Waals surface area contributed by atoms with Gasteiger partial charge < -0.3 is 21.3 Å². The topological polar surface area (TPSA) is 58.5 Å². The molecule has 0 aliphatic rings. The van der Waals surface area contributed by atoms with Crippen LogP contribution in [0.3, 0.4) is 0 Å². The minimum Gasteiger partial charge on any atom is -0.398 e. The Balaban J connectivity index is 1.27. The lowest BCUT2D eigenvalue weighted by Gasteiger charge is -2.35. The lowest BCUT2D eigenvalue weighted by Crippen LogP contribution is -2.16. The molecule has 0 spiro atoms. The van der Waals surface area contributed by atoms with Crippen LogP contribution < -0.4 is 21.3 Å². The van der Waals surface area contributed by atoms with Crippen molar-refractivity contribution in [1.29, 1.82) is 0 Å². The molecule has 0 atom stereocenters. The largest absolute Gasteiger partial charge is 0.398 e. The standard InChI is InChI=1S/C62H46N4/c63-53-39-41-55(59(45-27-11-3-12-28-45)57(53)43-23-7-1-8-24-43)65(47-31-15-5-16-32-47)61-49-35-19-21-37-51(49)62(52-38-22-20-36-50(52)61)66(48-33-17-6-18-34-48)56-42-40-54(64)58(44-25-9-2-10-26-44)60(56)46-29-13-4-14-30-46/h1-42H,63-64H2. The lowest BCUT2D eigenvalue weighted by molar-refractivity contribution is 1.29.